The first-order chi connectivity index (χ1) is 16.4. The van der Waals surface area contributed by atoms with Crippen LogP contribution in [0.25, 0.3) is 11.1 Å². The summed E-state index contributed by atoms with van der Waals surface area (Å²) in [7, 11) is 0. The first kappa shape index (κ1) is 22.4. The number of carbonyl (C=O) groups is 4. The number of carboxylic acid groups (broad SMARTS) is 2. The summed E-state index contributed by atoms with van der Waals surface area (Å²) in [5.74, 6) is -3.10. The number of carboxylic acids is 2. The smallest absolute Gasteiger partial charge is 0.336 e. The molecule has 0 aliphatic rings. The summed E-state index contributed by atoms with van der Waals surface area (Å²) >= 11 is 0. The lowest BCUT2D eigenvalue weighted by Gasteiger charge is -2.08. The lowest BCUT2D eigenvalue weighted by molar-refractivity contribution is 0.0683. The highest BCUT2D eigenvalue weighted by molar-refractivity contribution is 6.15. The summed E-state index contributed by atoms with van der Waals surface area (Å²) in [6.07, 6.45) is 0. The fourth-order valence-corrected chi connectivity index (χ4v) is 3.67. The quantitative estimate of drug-likeness (QED) is 0.374. The van der Waals surface area contributed by atoms with E-state index in [1.807, 2.05) is 0 Å². The lowest BCUT2D eigenvalue weighted by Crippen LogP contribution is -2.09. The zero-order chi connectivity index (χ0) is 24.2. The molecular formula is C28H18O6. The van der Waals surface area contributed by atoms with E-state index in [0.717, 1.165) is 11.1 Å². The highest BCUT2D eigenvalue weighted by Crippen LogP contribution is 2.24. The Morgan fingerprint density at radius 1 is 0.412 bits per heavy atom. The molecule has 0 fully saturated rings. The molecule has 0 atom stereocenters. The number of carbonyl (C=O) groups excluding carboxylic acids is 2. The van der Waals surface area contributed by atoms with E-state index in [1.54, 1.807) is 72.8 Å². The predicted octanol–water partition coefficient (Wildman–Crippen LogP) is 5.21. The van der Waals surface area contributed by atoms with Gasteiger partial charge in [-0.1, -0.05) is 84.9 Å². The van der Waals surface area contributed by atoms with Crippen molar-refractivity contribution in [2.24, 2.45) is 0 Å². The van der Waals surface area contributed by atoms with Crippen LogP contribution in [0.5, 0.6) is 0 Å². The third-order valence-electron chi connectivity index (χ3n) is 5.43. The van der Waals surface area contributed by atoms with Gasteiger partial charge in [0.1, 0.15) is 0 Å². The summed E-state index contributed by atoms with van der Waals surface area (Å²) in [6, 6.07) is 25.6. The summed E-state index contributed by atoms with van der Waals surface area (Å²) in [5, 5.41) is 18.7. The maximum Gasteiger partial charge on any atom is 0.336 e. The van der Waals surface area contributed by atoms with Crippen molar-refractivity contribution < 1.29 is 29.4 Å². The van der Waals surface area contributed by atoms with Gasteiger partial charge in [-0.3, -0.25) is 9.59 Å². The fourth-order valence-electron chi connectivity index (χ4n) is 3.67. The third-order valence-corrected chi connectivity index (χ3v) is 5.43. The second-order valence-corrected chi connectivity index (χ2v) is 7.51. The molecular weight excluding hydrogens is 432 g/mol. The van der Waals surface area contributed by atoms with E-state index in [0.29, 0.717) is 11.1 Å². The molecule has 0 aliphatic heterocycles. The zero-order valence-electron chi connectivity index (χ0n) is 17.8. The van der Waals surface area contributed by atoms with E-state index in [9.17, 15) is 29.4 Å². The van der Waals surface area contributed by atoms with Gasteiger partial charge in [0, 0.05) is 22.3 Å². The van der Waals surface area contributed by atoms with E-state index in [1.165, 1.54) is 24.3 Å². The van der Waals surface area contributed by atoms with Crippen molar-refractivity contribution in [3.63, 3.8) is 0 Å². The Balaban J connectivity index is 1.57. The van der Waals surface area contributed by atoms with E-state index in [4.69, 9.17) is 0 Å². The van der Waals surface area contributed by atoms with Crippen molar-refractivity contribution in [2.45, 2.75) is 0 Å². The number of hydrogen-bond acceptors (Lipinski definition) is 4. The van der Waals surface area contributed by atoms with Crippen LogP contribution >= 0.6 is 0 Å². The average molecular weight is 450 g/mol. The first-order valence-corrected chi connectivity index (χ1v) is 10.3. The Bertz CT molecular complexity index is 1310. The van der Waals surface area contributed by atoms with Crippen molar-refractivity contribution in [2.75, 3.05) is 0 Å². The molecule has 0 unspecified atom stereocenters. The van der Waals surface area contributed by atoms with Crippen molar-refractivity contribution in [1.82, 2.24) is 0 Å². The Labute approximate surface area is 194 Å². The van der Waals surface area contributed by atoms with Crippen molar-refractivity contribution >= 4 is 23.5 Å². The molecule has 0 amide bonds. The summed E-state index contributed by atoms with van der Waals surface area (Å²) < 4.78 is 0. The minimum absolute atomic E-state index is 0.0543. The maximum atomic E-state index is 12.8. The minimum Gasteiger partial charge on any atom is -0.478 e. The van der Waals surface area contributed by atoms with Gasteiger partial charge in [-0.2, -0.15) is 0 Å². The third kappa shape index (κ3) is 4.38. The molecule has 166 valence electrons. The van der Waals surface area contributed by atoms with Crippen LogP contribution in [0.1, 0.15) is 52.6 Å². The molecule has 0 saturated heterocycles. The summed E-state index contributed by atoms with van der Waals surface area (Å²) in [5.41, 5.74) is 2.44. The van der Waals surface area contributed by atoms with Crippen LogP contribution in [0.3, 0.4) is 0 Å². The lowest BCUT2D eigenvalue weighted by atomic mass is 9.95. The van der Waals surface area contributed by atoms with Crippen LogP contribution in [-0.4, -0.2) is 33.7 Å². The number of aromatic carboxylic acids is 2. The zero-order valence-corrected chi connectivity index (χ0v) is 17.8. The van der Waals surface area contributed by atoms with Gasteiger partial charge in [0.15, 0.2) is 11.6 Å². The molecule has 0 heterocycles. The molecule has 0 spiro atoms. The van der Waals surface area contributed by atoms with Gasteiger partial charge in [-0.15, -0.1) is 0 Å². The predicted molar refractivity (Wildman–Crippen MR) is 126 cm³/mol. The van der Waals surface area contributed by atoms with Gasteiger partial charge in [0.05, 0.1) is 11.1 Å². The largest absolute Gasteiger partial charge is 0.478 e. The average Bonchev–Trinajstić information content (AvgIpc) is 2.88. The molecule has 0 saturated carbocycles. The Morgan fingerprint density at radius 2 is 0.706 bits per heavy atom. The normalized spacial score (nSPS) is 10.5. The Kier molecular flexibility index (Phi) is 6.14. The highest BCUT2D eigenvalue weighted by Gasteiger charge is 2.19. The highest BCUT2D eigenvalue weighted by atomic mass is 16.4. The molecule has 4 rings (SSSR count). The van der Waals surface area contributed by atoms with Gasteiger partial charge >= 0.3 is 11.9 Å². The second kappa shape index (κ2) is 9.34. The Morgan fingerprint density at radius 3 is 1.00 bits per heavy atom. The summed E-state index contributed by atoms with van der Waals surface area (Å²) in [4.78, 5) is 48.4. The standard InChI is InChI=1S/C28H18O6/c29-25(21-5-1-3-7-23(21)27(31)32)19-13-9-17(10-14-19)18-11-15-20(16-12-18)26(30)22-6-2-4-8-24(22)28(33)34/h1-16H,(H,31,32)(H,33,34). The minimum atomic E-state index is -1.17. The molecule has 6 nitrogen and oxygen atoms in total. The van der Waals surface area contributed by atoms with Crippen LogP contribution in [0.2, 0.25) is 0 Å². The topological polar surface area (TPSA) is 109 Å². The SMILES string of the molecule is O=C(O)c1ccccc1C(=O)c1ccc(-c2ccc(C(=O)c3ccccc3C(=O)O)cc2)cc1. The maximum absolute atomic E-state index is 12.8. The van der Waals surface area contributed by atoms with Gasteiger partial charge in [-0.25, -0.2) is 9.59 Å². The van der Waals surface area contributed by atoms with Crippen LogP contribution in [0.15, 0.2) is 97.1 Å². The molecule has 0 aliphatic carbocycles. The van der Waals surface area contributed by atoms with Gasteiger partial charge < -0.3 is 10.2 Å². The number of ketones is 2. The van der Waals surface area contributed by atoms with Crippen LogP contribution in [0.4, 0.5) is 0 Å². The number of hydrogen-bond donors (Lipinski definition) is 2. The second-order valence-electron chi connectivity index (χ2n) is 7.51. The number of benzene rings is 4. The Hall–Kier alpha value is -4.84. The van der Waals surface area contributed by atoms with Gasteiger partial charge in [0.2, 0.25) is 0 Å². The van der Waals surface area contributed by atoms with Crippen molar-refractivity contribution in [3.05, 3.63) is 130 Å². The van der Waals surface area contributed by atoms with Crippen LogP contribution in [0, 0.1) is 0 Å². The van der Waals surface area contributed by atoms with E-state index in [-0.39, 0.29) is 33.8 Å². The van der Waals surface area contributed by atoms with E-state index >= 15 is 0 Å². The molecule has 2 N–H and O–H groups in total. The molecule has 0 aromatic heterocycles. The molecule has 4 aromatic carbocycles. The van der Waals surface area contributed by atoms with Crippen LogP contribution < -0.4 is 0 Å². The van der Waals surface area contributed by atoms with E-state index < -0.39 is 11.9 Å². The molecule has 6 heteroatoms. The van der Waals surface area contributed by atoms with Crippen molar-refractivity contribution in [1.29, 1.82) is 0 Å². The summed E-state index contributed by atoms with van der Waals surface area (Å²) in [6.45, 7) is 0. The molecule has 0 bridgehead atoms. The fraction of sp³-hybridized carbons (Fsp3) is 0. The van der Waals surface area contributed by atoms with Crippen LogP contribution in [-0.2, 0) is 0 Å². The first-order valence-electron chi connectivity index (χ1n) is 10.3. The monoisotopic (exact) mass is 450 g/mol. The van der Waals surface area contributed by atoms with Crippen molar-refractivity contribution in [3.8, 4) is 11.1 Å². The molecule has 34 heavy (non-hydrogen) atoms. The van der Waals surface area contributed by atoms with E-state index in [2.05, 4.69) is 0 Å². The van der Waals surface area contributed by atoms with Gasteiger partial charge in [0.25, 0.3) is 0 Å². The van der Waals surface area contributed by atoms with Gasteiger partial charge in [-0.05, 0) is 23.3 Å². The molecule has 4 aromatic rings. The molecule has 0 radical (unpaired) electrons. The number of rotatable bonds is 7.